The van der Waals surface area contributed by atoms with Gasteiger partial charge in [-0.25, -0.2) is 0 Å². The van der Waals surface area contributed by atoms with E-state index < -0.39 is 7.12 Å². The summed E-state index contributed by atoms with van der Waals surface area (Å²) in [6.45, 7) is 1.89. The molecule has 2 nitrogen and oxygen atoms in total. The molecular weight excluding hydrogens is 303 g/mol. The van der Waals surface area contributed by atoms with Gasteiger partial charge in [0, 0.05) is 20.2 Å². The summed E-state index contributed by atoms with van der Waals surface area (Å²) in [4.78, 5) is 0. The van der Waals surface area contributed by atoms with Crippen LogP contribution in [0.4, 0.5) is 0 Å². The Bertz CT molecular complexity index is 1020. The Kier molecular flexibility index (Phi) is 3.45. The van der Waals surface area contributed by atoms with E-state index in [2.05, 4.69) is 42.5 Å². The van der Waals surface area contributed by atoms with Crippen molar-refractivity contribution in [2.24, 2.45) is 0 Å². The summed E-state index contributed by atoms with van der Waals surface area (Å²) in [6, 6.07) is 20.6. The third kappa shape index (κ3) is 2.36. The first-order valence-corrected chi connectivity index (χ1v) is 8.34. The maximum atomic E-state index is 9.56. The Morgan fingerprint density at radius 1 is 0.870 bits per heavy atom. The number of fused-ring (bicyclic) bond motifs is 3. The first-order valence-electron chi connectivity index (χ1n) is 7.52. The van der Waals surface area contributed by atoms with Gasteiger partial charge in [0.05, 0.1) is 0 Å². The van der Waals surface area contributed by atoms with Crippen LogP contribution in [0.25, 0.3) is 31.3 Å². The number of thiophene rings is 1. The maximum Gasteiger partial charge on any atom is 0.488 e. The van der Waals surface area contributed by atoms with Crippen molar-refractivity contribution in [1.29, 1.82) is 0 Å². The molecule has 0 unspecified atom stereocenters. The van der Waals surface area contributed by atoms with Crippen LogP contribution in [-0.2, 0) is 0 Å². The average Bonchev–Trinajstić information content (AvgIpc) is 2.94. The molecule has 112 valence electrons. The van der Waals surface area contributed by atoms with Gasteiger partial charge in [0.1, 0.15) is 0 Å². The molecule has 1 heterocycles. The summed E-state index contributed by atoms with van der Waals surface area (Å²) in [5.74, 6) is 0. The summed E-state index contributed by atoms with van der Waals surface area (Å²) >= 11 is 1.78. The van der Waals surface area contributed by atoms with Crippen LogP contribution in [0.1, 0.15) is 5.56 Å². The van der Waals surface area contributed by atoms with Crippen LogP contribution < -0.4 is 5.46 Å². The van der Waals surface area contributed by atoms with E-state index in [9.17, 15) is 10.0 Å². The second kappa shape index (κ2) is 5.50. The molecule has 0 radical (unpaired) electrons. The largest absolute Gasteiger partial charge is 0.488 e. The highest BCUT2D eigenvalue weighted by molar-refractivity contribution is 7.26. The summed E-state index contributed by atoms with van der Waals surface area (Å²) in [7, 11) is -1.45. The fourth-order valence-electron chi connectivity index (χ4n) is 3.06. The lowest BCUT2D eigenvalue weighted by Gasteiger charge is -2.09. The first kappa shape index (κ1) is 14.5. The Balaban J connectivity index is 2.01. The number of aryl methyl sites for hydroxylation is 1. The van der Waals surface area contributed by atoms with Crippen molar-refractivity contribution in [2.75, 3.05) is 0 Å². The van der Waals surface area contributed by atoms with E-state index in [0.29, 0.717) is 5.46 Å². The topological polar surface area (TPSA) is 40.5 Å². The lowest BCUT2D eigenvalue weighted by Crippen LogP contribution is -2.32. The van der Waals surface area contributed by atoms with Crippen LogP contribution in [-0.4, -0.2) is 17.2 Å². The van der Waals surface area contributed by atoms with Gasteiger partial charge in [0.2, 0.25) is 0 Å². The van der Waals surface area contributed by atoms with Gasteiger partial charge < -0.3 is 10.0 Å². The van der Waals surface area contributed by atoms with Crippen molar-refractivity contribution in [3.8, 4) is 11.1 Å². The third-order valence-electron chi connectivity index (χ3n) is 4.27. The molecule has 4 heteroatoms. The zero-order chi connectivity index (χ0) is 16.0. The van der Waals surface area contributed by atoms with Gasteiger partial charge in [0.15, 0.2) is 0 Å². The number of hydrogen-bond acceptors (Lipinski definition) is 3. The molecule has 0 fully saturated rings. The molecule has 0 bridgehead atoms. The van der Waals surface area contributed by atoms with Gasteiger partial charge in [-0.2, -0.15) is 0 Å². The molecule has 0 aliphatic rings. The predicted octanol–water partition coefficient (Wildman–Crippen LogP) is 3.71. The van der Waals surface area contributed by atoms with E-state index in [0.717, 1.165) is 16.7 Å². The van der Waals surface area contributed by atoms with Crippen LogP contribution in [0, 0.1) is 6.92 Å². The fourth-order valence-corrected chi connectivity index (χ4v) is 4.30. The molecule has 2 N–H and O–H groups in total. The quantitative estimate of drug-likeness (QED) is 0.553. The third-order valence-corrected chi connectivity index (χ3v) is 5.49. The second-order valence-electron chi connectivity index (χ2n) is 5.73. The van der Waals surface area contributed by atoms with Gasteiger partial charge in [-0.05, 0) is 29.6 Å². The molecule has 0 atom stereocenters. The molecule has 3 aromatic carbocycles. The van der Waals surface area contributed by atoms with Gasteiger partial charge >= 0.3 is 7.12 Å². The van der Waals surface area contributed by atoms with Crippen LogP contribution in [0.5, 0.6) is 0 Å². The van der Waals surface area contributed by atoms with Crippen molar-refractivity contribution in [3.05, 3.63) is 66.2 Å². The zero-order valence-electron chi connectivity index (χ0n) is 12.7. The first-order chi connectivity index (χ1) is 11.1. The Morgan fingerprint density at radius 3 is 2.48 bits per heavy atom. The van der Waals surface area contributed by atoms with E-state index in [1.807, 2.05) is 25.1 Å². The molecule has 0 saturated heterocycles. The summed E-state index contributed by atoms with van der Waals surface area (Å²) < 4.78 is 2.50. The Morgan fingerprint density at radius 2 is 1.65 bits per heavy atom. The number of rotatable bonds is 2. The molecule has 0 spiro atoms. The summed E-state index contributed by atoms with van der Waals surface area (Å²) in [5.41, 5.74) is 3.58. The smallest absolute Gasteiger partial charge is 0.423 e. The van der Waals surface area contributed by atoms with Gasteiger partial charge in [-0.3, -0.25) is 0 Å². The molecular formula is C19H15BO2S. The lowest BCUT2D eigenvalue weighted by molar-refractivity contribution is 0.425. The Hall–Kier alpha value is -2.14. The van der Waals surface area contributed by atoms with Crippen molar-refractivity contribution in [3.63, 3.8) is 0 Å². The standard InChI is InChI=1S/C19H15BO2S/c1-12-9-10-13(11-17(12)20(21)22)14-6-4-7-16-15-5-2-3-8-18(15)23-19(14)16/h2-11,21-22H,1H3. The van der Waals surface area contributed by atoms with E-state index >= 15 is 0 Å². The van der Waals surface area contributed by atoms with Gasteiger partial charge in [-0.15, -0.1) is 11.3 Å². The van der Waals surface area contributed by atoms with Crippen molar-refractivity contribution < 1.29 is 10.0 Å². The molecule has 23 heavy (non-hydrogen) atoms. The molecule has 4 rings (SSSR count). The average molecular weight is 318 g/mol. The Labute approximate surface area is 138 Å². The summed E-state index contributed by atoms with van der Waals surface area (Å²) in [5, 5.41) is 21.6. The highest BCUT2D eigenvalue weighted by Crippen LogP contribution is 2.39. The molecule has 0 aliphatic carbocycles. The van der Waals surface area contributed by atoms with Crippen LogP contribution in [0.3, 0.4) is 0 Å². The lowest BCUT2D eigenvalue weighted by atomic mass is 9.76. The summed E-state index contributed by atoms with van der Waals surface area (Å²) in [6.07, 6.45) is 0. The second-order valence-corrected chi connectivity index (χ2v) is 6.78. The van der Waals surface area contributed by atoms with Gasteiger partial charge in [-0.1, -0.05) is 60.2 Å². The molecule has 0 saturated carbocycles. The fraction of sp³-hybridized carbons (Fsp3) is 0.0526. The molecule has 1 aromatic heterocycles. The maximum absolute atomic E-state index is 9.56. The van der Waals surface area contributed by atoms with Gasteiger partial charge in [0.25, 0.3) is 0 Å². The number of benzene rings is 3. The zero-order valence-corrected chi connectivity index (χ0v) is 13.5. The van der Waals surface area contributed by atoms with Crippen LogP contribution >= 0.6 is 11.3 Å². The van der Waals surface area contributed by atoms with Crippen LogP contribution in [0.15, 0.2) is 60.7 Å². The van der Waals surface area contributed by atoms with Crippen LogP contribution in [0.2, 0.25) is 0 Å². The minimum absolute atomic E-state index is 0.556. The normalized spacial score (nSPS) is 11.3. The monoisotopic (exact) mass is 318 g/mol. The van der Waals surface area contributed by atoms with Crippen molar-refractivity contribution in [1.82, 2.24) is 0 Å². The van der Waals surface area contributed by atoms with Crippen molar-refractivity contribution >= 4 is 44.1 Å². The molecule has 0 aliphatic heterocycles. The highest BCUT2D eigenvalue weighted by Gasteiger charge is 2.16. The SMILES string of the molecule is Cc1ccc(-c2cccc3c2sc2ccccc23)cc1B(O)O. The minimum Gasteiger partial charge on any atom is -0.423 e. The van der Waals surface area contributed by atoms with E-state index in [1.165, 1.54) is 20.2 Å². The van der Waals surface area contributed by atoms with E-state index in [1.54, 1.807) is 11.3 Å². The highest BCUT2D eigenvalue weighted by atomic mass is 32.1. The molecule has 4 aromatic rings. The number of hydrogen-bond donors (Lipinski definition) is 2. The predicted molar refractivity (Wildman–Crippen MR) is 99.3 cm³/mol. The molecule has 0 amide bonds. The van der Waals surface area contributed by atoms with E-state index in [-0.39, 0.29) is 0 Å². The van der Waals surface area contributed by atoms with Crippen molar-refractivity contribution in [2.45, 2.75) is 6.92 Å². The van der Waals surface area contributed by atoms with E-state index in [4.69, 9.17) is 0 Å². The minimum atomic E-state index is -1.45.